The van der Waals surface area contributed by atoms with Gasteiger partial charge in [0.1, 0.15) is 5.58 Å². The number of rotatable bonds is 3. The maximum Gasteiger partial charge on any atom is 0.336 e. The minimum Gasteiger partial charge on any atom is -0.422 e. The third-order valence-corrected chi connectivity index (χ3v) is 2.55. The molecular formula is C14H14O2. The molecule has 16 heavy (non-hydrogen) atoms. The molecule has 0 fully saturated rings. The first-order valence-electron chi connectivity index (χ1n) is 5.33. The Labute approximate surface area is 94.2 Å². The molecule has 2 aromatic rings. The van der Waals surface area contributed by atoms with Gasteiger partial charge in [0.25, 0.3) is 0 Å². The second kappa shape index (κ2) is 4.35. The lowest BCUT2D eigenvalue weighted by Gasteiger charge is -2.04. The van der Waals surface area contributed by atoms with Crippen molar-refractivity contribution in [2.75, 3.05) is 0 Å². The van der Waals surface area contributed by atoms with Gasteiger partial charge in [-0.3, -0.25) is 0 Å². The molecular weight excluding hydrogens is 200 g/mol. The molecule has 1 aromatic carbocycles. The quantitative estimate of drug-likeness (QED) is 0.579. The average Bonchev–Trinajstić information content (AvgIpc) is 2.26. The monoisotopic (exact) mass is 214 g/mol. The number of fused-ring (bicyclic) bond motifs is 1. The Kier molecular flexibility index (Phi) is 2.91. The molecule has 0 aliphatic carbocycles. The van der Waals surface area contributed by atoms with Crippen LogP contribution in [0.4, 0.5) is 0 Å². The fraction of sp³-hybridized carbons (Fsp3) is 0.214. The number of hydrogen-bond acceptors (Lipinski definition) is 2. The van der Waals surface area contributed by atoms with Gasteiger partial charge in [-0.15, -0.1) is 6.58 Å². The van der Waals surface area contributed by atoms with Crippen LogP contribution in [0.1, 0.15) is 18.9 Å². The Morgan fingerprint density at radius 2 is 2.12 bits per heavy atom. The zero-order valence-electron chi connectivity index (χ0n) is 9.32. The van der Waals surface area contributed by atoms with Crippen molar-refractivity contribution in [3.8, 4) is 0 Å². The minimum absolute atomic E-state index is 0.296. The second-order valence-corrected chi connectivity index (χ2v) is 4.05. The maximum absolute atomic E-state index is 11.2. The van der Waals surface area contributed by atoms with E-state index in [1.807, 2.05) is 25.1 Å². The van der Waals surface area contributed by atoms with Crippen LogP contribution in [0.5, 0.6) is 0 Å². The molecule has 1 heterocycles. The highest BCUT2D eigenvalue weighted by atomic mass is 16.4. The first-order chi connectivity index (χ1) is 7.66. The third kappa shape index (κ3) is 2.22. The molecule has 0 spiro atoms. The number of benzene rings is 1. The molecule has 0 atom stereocenters. The first-order valence-corrected chi connectivity index (χ1v) is 5.33. The normalized spacial score (nSPS) is 10.6. The van der Waals surface area contributed by atoms with E-state index in [4.69, 9.17) is 4.42 Å². The summed E-state index contributed by atoms with van der Waals surface area (Å²) in [7, 11) is 0. The fourth-order valence-corrected chi connectivity index (χ4v) is 1.70. The average molecular weight is 214 g/mol. The van der Waals surface area contributed by atoms with E-state index in [2.05, 4.69) is 6.58 Å². The lowest BCUT2D eigenvalue weighted by atomic mass is 10.0. The van der Waals surface area contributed by atoms with Crippen LogP contribution in [0.3, 0.4) is 0 Å². The van der Waals surface area contributed by atoms with Crippen LogP contribution in [0.25, 0.3) is 11.0 Å². The molecule has 82 valence electrons. The maximum atomic E-state index is 11.2. The molecule has 1 aromatic heterocycles. The van der Waals surface area contributed by atoms with Crippen molar-refractivity contribution in [3.05, 3.63) is 58.5 Å². The van der Waals surface area contributed by atoms with Gasteiger partial charge in [0.15, 0.2) is 0 Å². The summed E-state index contributed by atoms with van der Waals surface area (Å²) in [5, 5.41) is 0.971. The SMILES string of the molecule is C=C(C)CCc1cccc2ccc(=O)oc12. The molecule has 0 radical (unpaired) electrons. The van der Waals surface area contributed by atoms with E-state index in [1.165, 1.54) is 6.07 Å². The van der Waals surface area contributed by atoms with Crippen LogP contribution in [0.2, 0.25) is 0 Å². The van der Waals surface area contributed by atoms with Crippen molar-refractivity contribution >= 4 is 11.0 Å². The fourth-order valence-electron chi connectivity index (χ4n) is 1.70. The molecule has 0 aliphatic rings. The number of para-hydroxylation sites is 1. The summed E-state index contributed by atoms with van der Waals surface area (Å²) in [5.41, 5.74) is 2.61. The highest BCUT2D eigenvalue weighted by Gasteiger charge is 2.03. The second-order valence-electron chi connectivity index (χ2n) is 4.05. The standard InChI is InChI=1S/C14H14O2/c1-10(2)6-7-11-4-3-5-12-8-9-13(15)16-14(11)12/h3-5,8-9H,1,6-7H2,2H3. The lowest BCUT2D eigenvalue weighted by molar-refractivity contribution is 0.556. The van der Waals surface area contributed by atoms with Gasteiger partial charge >= 0.3 is 5.63 Å². The highest BCUT2D eigenvalue weighted by Crippen LogP contribution is 2.19. The van der Waals surface area contributed by atoms with E-state index in [0.29, 0.717) is 5.58 Å². The summed E-state index contributed by atoms with van der Waals surface area (Å²) in [4.78, 5) is 11.2. The zero-order chi connectivity index (χ0) is 11.5. The molecule has 0 amide bonds. The van der Waals surface area contributed by atoms with Gasteiger partial charge in [-0.1, -0.05) is 23.8 Å². The van der Waals surface area contributed by atoms with E-state index >= 15 is 0 Å². The summed E-state index contributed by atoms with van der Waals surface area (Å²) < 4.78 is 5.24. The molecule has 0 saturated heterocycles. The largest absolute Gasteiger partial charge is 0.422 e. The smallest absolute Gasteiger partial charge is 0.336 e. The predicted octanol–water partition coefficient (Wildman–Crippen LogP) is 3.30. The van der Waals surface area contributed by atoms with Gasteiger partial charge in [-0.2, -0.15) is 0 Å². The van der Waals surface area contributed by atoms with E-state index < -0.39 is 0 Å². The Morgan fingerprint density at radius 3 is 2.88 bits per heavy atom. The van der Waals surface area contributed by atoms with Gasteiger partial charge in [-0.05, 0) is 31.4 Å². The molecule has 0 unspecified atom stereocenters. The van der Waals surface area contributed by atoms with E-state index in [9.17, 15) is 4.79 Å². The van der Waals surface area contributed by atoms with Crippen molar-refractivity contribution < 1.29 is 4.42 Å². The molecule has 2 rings (SSSR count). The van der Waals surface area contributed by atoms with E-state index in [0.717, 1.165) is 29.4 Å². The summed E-state index contributed by atoms with van der Waals surface area (Å²) in [6, 6.07) is 9.17. The number of allylic oxidation sites excluding steroid dienone is 1. The van der Waals surface area contributed by atoms with Crippen molar-refractivity contribution in [3.63, 3.8) is 0 Å². The van der Waals surface area contributed by atoms with Crippen LogP contribution in [0.15, 0.2) is 51.7 Å². The Balaban J connectivity index is 2.47. The van der Waals surface area contributed by atoms with E-state index in [-0.39, 0.29) is 5.63 Å². The zero-order valence-corrected chi connectivity index (χ0v) is 9.32. The van der Waals surface area contributed by atoms with Crippen molar-refractivity contribution in [2.45, 2.75) is 19.8 Å². The summed E-state index contributed by atoms with van der Waals surface area (Å²) >= 11 is 0. The van der Waals surface area contributed by atoms with Gasteiger partial charge < -0.3 is 4.42 Å². The van der Waals surface area contributed by atoms with Crippen LogP contribution >= 0.6 is 0 Å². The van der Waals surface area contributed by atoms with Crippen LogP contribution in [-0.2, 0) is 6.42 Å². The van der Waals surface area contributed by atoms with Crippen LogP contribution < -0.4 is 5.63 Å². The number of aryl methyl sites for hydroxylation is 1. The van der Waals surface area contributed by atoms with Gasteiger partial charge in [0, 0.05) is 11.5 Å². The van der Waals surface area contributed by atoms with Crippen molar-refractivity contribution in [1.82, 2.24) is 0 Å². The summed E-state index contributed by atoms with van der Waals surface area (Å²) in [5.74, 6) is 0. The Morgan fingerprint density at radius 1 is 1.31 bits per heavy atom. The number of hydrogen-bond donors (Lipinski definition) is 0. The van der Waals surface area contributed by atoms with Gasteiger partial charge in [0.2, 0.25) is 0 Å². The van der Waals surface area contributed by atoms with Crippen molar-refractivity contribution in [2.24, 2.45) is 0 Å². The van der Waals surface area contributed by atoms with E-state index in [1.54, 1.807) is 6.07 Å². The predicted molar refractivity (Wildman–Crippen MR) is 65.6 cm³/mol. The molecule has 0 saturated carbocycles. The highest BCUT2D eigenvalue weighted by molar-refractivity contribution is 5.79. The molecule has 0 N–H and O–H groups in total. The minimum atomic E-state index is -0.296. The Hall–Kier alpha value is -1.83. The third-order valence-electron chi connectivity index (χ3n) is 2.55. The summed E-state index contributed by atoms with van der Waals surface area (Å²) in [6.07, 6.45) is 1.78. The van der Waals surface area contributed by atoms with Crippen molar-refractivity contribution in [1.29, 1.82) is 0 Å². The molecule has 0 aliphatic heterocycles. The molecule has 0 bridgehead atoms. The topological polar surface area (TPSA) is 30.2 Å². The lowest BCUT2D eigenvalue weighted by Crippen LogP contribution is -1.97. The Bertz CT molecular complexity index is 579. The molecule has 2 heteroatoms. The van der Waals surface area contributed by atoms with Gasteiger partial charge in [0.05, 0.1) is 0 Å². The summed E-state index contributed by atoms with van der Waals surface area (Å²) in [6.45, 7) is 5.88. The molecule has 2 nitrogen and oxygen atoms in total. The van der Waals surface area contributed by atoms with Crippen LogP contribution in [0, 0.1) is 0 Å². The first kappa shape index (κ1) is 10.7. The van der Waals surface area contributed by atoms with Crippen LogP contribution in [-0.4, -0.2) is 0 Å². The van der Waals surface area contributed by atoms with Gasteiger partial charge in [-0.25, -0.2) is 4.79 Å².